The first-order valence-corrected chi connectivity index (χ1v) is 8.25. The molecule has 18 heavy (non-hydrogen) atoms. The first-order valence-electron chi connectivity index (χ1n) is 6.49. The Morgan fingerprint density at radius 2 is 2.44 bits per heavy atom. The number of aromatic nitrogens is 1. The van der Waals surface area contributed by atoms with Crippen LogP contribution in [0.2, 0.25) is 0 Å². The lowest BCUT2D eigenvalue weighted by molar-refractivity contribution is 0.415. The van der Waals surface area contributed by atoms with Crippen LogP contribution in [0.4, 0.5) is 0 Å². The molecule has 2 aromatic rings. The number of aryl methyl sites for hydroxylation is 1. The highest BCUT2D eigenvalue weighted by Crippen LogP contribution is 2.37. The summed E-state index contributed by atoms with van der Waals surface area (Å²) in [6.45, 7) is 0. The summed E-state index contributed by atoms with van der Waals surface area (Å²) in [5.74, 6) is 0.673. The maximum atomic E-state index is 4.18. The zero-order valence-corrected chi connectivity index (χ0v) is 12.2. The molecular formula is C14H18N2S2. The number of hydrogen-bond donors (Lipinski definition) is 1. The normalized spacial score (nSPS) is 20.6. The van der Waals surface area contributed by atoms with E-state index in [1.165, 1.54) is 24.1 Å². The summed E-state index contributed by atoms with van der Waals surface area (Å²) < 4.78 is 0. The van der Waals surface area contributed by atoms with Gasteiger partial charge >= 0.3 is 0 Å². The van der Waals surface area contributed by atoms with Crippen molar-refractivity contribution in [1.82, 2.24) is 10.3 Å². The lowest BCUT2D eigenvalue weighted by Gasteiger charge is -2.30. The smallest absolute Gasteiger partial charge is 0.0794 e. The van der Waals surface area contributed by atoms with Crippen LogP contribution in [0.3, 0.4) is 0 Å². The summed E-state index contributed by atoms with van der Waals surface area (Å²) >= 11 is 3.69. The molecule has 0 saturated heterocycles. The molecule has 1 N–H and O–H groups in total. The molecular weight excluding hydrogens is 260 g/mol. The zero-order chi connectivity index (χ0) is 12.4. The number of thiophene rings is 1. The summed E-state index contributed by atoms with van der Waals surface area (Å²) in [5.41, 5.74) is 3.52. The van der Waals surface area contributed by atoms with E-state index in [-0.39, 0.29) is 0 Å². The SMILES string of the molecule is CNC(Cc1cncs1)C1CCCc2sccc21. The molecule has 0 amide bonds. The minimum atomic E-state index is 0.541. The molecule has 2 unspecified atom stereocenters. The molecule has 2 aromatic heterocycles. The van der Waals surface area contributed by atoms with Crippen molar-refractivity contribution in [2.45, 2.75) is 37.6 Å². The van der Waals surface area contributed by atoms with Crippen molar-refractivity contribution < 1.29 is 0 Å². The molecule has 4 heteroatoms. The molecule has 2 nitrogen and oxygen atoms in total. The molecule has 2 heterocycles. The van der Waals surface area contributed by atoms with Crippen LogP contribution in [0.1, 0.15) is 34.1 Å². The van der Waals surface area contributed by atoms with E-state index in [4.69, 9.17) is 0 Å². The van der Waals surface area contributed by atoms with E-state index < -0.39 is 0 Å². The van der Waals surface area contributed by atoms with Crippen molar-refractivity contribution in [3.05, 3.63) is 38.5 Å². The molecule has 0 spiro atoms. The Morgan fingerprint density at radius 3 is 3.22 bits per heavy atom. The summed E-state index contributed by atoms with van der Waals surface area (Å²) in [5, 5.41) is 5.78. The van der Waals surface area contributed by atoms with E-state index in [1.54, 1.807) is 21.8 Å². The van der Waals surface area contributed by atoms with Crippen LogP contribution >= 0.6 is 22.7 Å². The van der Waals surface area contributed by atoms with Crippen LogP contribution in [0, 0.1) is 0 Å². The van der Waals surface area contributed by atoms with Gasteiger partial charge in [0.25, 0.3) is 0 Å². The molecule has 1 aliphatic rings. The van der Waals surface area contributed by atoms with Crippen molar-refractivity contribution in [3.8, 4) is 0 Å². The number of hydrogen-bond acceptors (Lipinski definition) is 4. The third-order valence-electron chi connectivity index (χ3n) is 3.86. The Balaban J connectivity index is 1.81. The van der Waals surface area contributed by atoms with Crippen molar-refractivity contribution in [1.29, 1.82) is 0 Å². The van der Waals surface area contributed by atoms with Gasteiger partial charge in [-0.05, 0) is 49.7 Å². The van der Waals surface area contributed by atoms with Crippen molar-refractivity contribution in [3.63, 3.8) is 0 Å². The van der Waals surface area contributed by atoms with Gasteiger partial charge in [0.15, 0.2) is 0 Å². The van der Waals surface area contributed by atoms with Crippen molar-refractivity contribution in [2.24, 2.45) is 0 Å². The monoisotopic (exact) mass is 278 g/mol. The summed E-state index contributed by atoms with van der Waals surface area (Å²) in [6.07, 6.45) is 7.03. The molecule has 96 valence electrons. The Bertz CT molecular complexity index is 490. The molecule has 2 atom stereocenters. The second kappa shape index (κ2) is 5.51. The summed E-state index contributed by atoms with van der Waals surface area (Å²) in [6, 6.07) is 2.87. The standard InChI is InChI=1S/C14H18N2S2/c1-15-13(7-10-8-16-9-18-10)11-3-2-4-14-12(11)5-6-17-14/h5-6,8-9,11,13,15H,2-4,7H2,1H3. The summed E-state index contributed by atoms with van der Waals surface area (Å²) in [7, 11) is 2.09. The van der Waals surface area contributed by atoms with Gasteiger partial charge in [-0.15, -0.1) is 22.7 Å². The predicted octanol–water partition coefficient (Wildman–Crippen LogP) is 3.46. The molecule has 0 fully saturated rings. The average molecular weight is 278 g/mol. The minimum Gasteiger partial charge on any atom is -0.316 e. The fourth-order valence-electron chi connectivity index (χ4n) is 2.95. The number of nitrogens with zero attached hydrogens (tertiary/aromatic N) is 1. The number of fused-ring (bicyclic) bond motifs is 1. The predicted molar refractivity (Wildman–Crippen MR) is 78.7 cm³/mol. The third kappa shape index (κ3) is 2.37. The van der Waals surface area contributed by atoms with Crippen LogP contribution < -0.4 is 5.32 Å². The number of thiazole rings is 1. The molecule has 0 bridgehead atoms. The van der Waals surface area contributed by atoms with Crippen molar-refractivity contribution in [2.75, 3.05) is 7.05 Å². The first-order chi connectivity index (χ1) is 8.88. The second-order valence-electron chi connectivity index (χ2n) is 4.86. The van der Waals surface area contributed by atoms with Gasteiger partial charge in [0.1, 0.15) is 0 Å². The topological polar surface area (TPSA) is 24.9 Å². The van der Waals surface area contributed by atoms with Crippen molar-refractivity contribution >= 4 is 22.7 Å². The van der Waals surface area contributed by atoms with Crippen LogP contribution in [-0.2, 0) is 12.8 Å². The lowest BCUT2D eigenvalue weighted by atomic mass is 9.81. The van der Waals surface area contributed by atoms with E-state index in [0.29, 0.717) is 12.0 Å². The number of likely N-dealkylation sites (N-methyl/N-ethyl adjacent to an activating group) is 1. The fraction of sp³-hybridized carbons (Fsp3) is 0.500. The number of rotatable bonds is 4. The van der Waals surface area contributed by atoms with Crippen LogP contribution in [0.15, 0.2) is 23.2 Å². The Labute approximate surface area is 116 Å². The highest BCUT2D eigenvalue weighted by molar-refractivity contribution is 7.10. The van der Waals surface area contributed by atoms with E-state index in [9.17, 15) is 0 Å². The van der Waals surface area contributed by atoms with Gasteiger partial charge in [-0.3, -0.25) is 4.98 Å². The van der Waals surface area contributed by atoms with Gasteiger partial charge < -0.3 is 5.32 Å². The quantitative estimate of drug-likeness (QED) is 0.926. The Hall–Kier alpha value is -0.710. The molecule has 0 aliphatic heterocycles. The van der Waals surface area contributed by atoms with Gasteiger partial charge in [0.05, 0.1) is 5.51 Å². The maximum absolute atomic E-state index is 4.18. The second-order valence-corrected chi connectivity index (χ2v) is 6.84. The lowest BCUT2D eigenvalue weighted by Crippen LogP contribution is -2.35. The highest BCUT2D eigenvalue weighted by Gasteiger charge is 2.28. The molecule has 0 aromatic carbocycles. The fourth-order valence-corrected chi connectivity index (χ4v) is 4.60. The molecule has 0 saturated carbocycles. The number of nitrogens with one attached hydrogen (secondary N) is 1. The Morgan fingerprint density at radius 1 is 1.50 bits per heavy atom. The average Bonchev–Trinajstić information content (AvgIpc) is 3.06. The van der Waals surface area contributed by atoms with E-state index in [2.05, 4.69) is 28.8 Å². The zero-order valence-electron chi connectivity index (χ0n) is 10.6. The molecule has 3 rings (SSSR count). The largest absolute Gasteiger partial charge is 0.316 e. The van der Waals surface area contributed by atoms with E-state index >= 15 is 0 Å². The van der Waals surface area contributed by atoms with Gasteiger partial charge in [0.2, 0.25) is 0 Å². The molecule has 1 aliphatic carbocycles. The highest BCUT2D eigenvalue weighted by atomic mass is 32.1. The van der Waals surface area contributed by atoms with Gasteiger partial charge in [-0.25, -0.2) is 0 Å². The van der Waals surface area contributed by atoms with Crippen LogP contribution in [0.25, 0.3) is 0 Å². The third-order valence-corrected chi connectivity index (χ3v) is 5.66. The first kappa shape index (κ1) is 12.3. The van der Waals surface area contributed by atoms with E-state index in [0.717, 1.165) is 6.42 Å². The van der Waals surface area contributed by atoms with Crippen LogP contribution in [0.5, 0.6) is 0 Å². The van der Waals surface area contributed by atoms with Gasteiger partial charge in [-0.2, -0.15) is 0 Å². The maximum Gasteiger partial charge on any atom is 0.0794 e. The summed E-state index contributed by atoms with van der Waals surface area (Å²) in [4.78, 5) is 7.17. The van der Waals surface area contributed by atoms with Gasteiger partial charge in [-0.1, -0.05) is 0 Å². The Kier molecular flexibility index (Phi) is 3.77. The van der Waals surface area contributed by atoms with Crippen LogP contribution in [-0.4, -0.2) is 18.1 Å². The molecule has 0 radical (unpaired) electrons. The van der Waals surface area contributed by atoms with E-state index in [1.807, 2.05) is 23.0 Å². The van der Waals surface area contributed by atoms with Gasteiger partial charge in [0, 0.05) is 27.9 Å². The minimum absolute atomic E-state index is 0.541.